The van der Waals surface area contributed by atoms with E-state index >= 15 is 0 Å². The number of alkyl carbamates (subject to hydrolysis) is 1. The number of carbonyl (C=O) groups is 2. The van der Waals surface area contributed by atoms with Gasteiger partial charge in [-0.15, -0.1) is 0 Å². The van der Waals surface area contributed by atoms with Crippen LogP contribution in [0.25, 0.3) is 0 Å². The lowest BCUT2D eigenvalue weighted by Gasteiger charge is -2.05. The summed E-state index contributed by atoms with van der Waals surface area (Å²) in [5.74, 6) is -1.01. The Hall–Kier alpha value is -2.30. The van der Waals surface area contributed by atoms with E-state index in [1.54, 1.807) is 0 Å². The molecule has 0 saturated carbocycles. The number of hydrogen-bond acceptors (Lipinski definition) is 3. The maximum absolute atomic E-state index is 11.3. The summed E-state index contributed by atoms with van der Waals surface area (Å²) in [6, 6.07) is 9.29. The van der Waals surface area contributed by atoms with Crippen LogP contribution in [0.4, 0.5) is 4.79 Å². The molecule has 0 fully saturated rings. The molecule has 0 unspecified atom stereocenters. The highest BCUT2D eigenvalue weighted by Crippen LogP contribution is 2.00. The minimum atomic E-state index is -1.01. The van der Waals surface area contributed by atoms with Crippen LogP contribution in [0.5, 0.6) is 0 Å². The third-order valence-electron chi connectivity index (χ3n) is 2.20. The van der Waals surface area contributed by atoms with Gasteiger partial charge in [0.2, 0.25) is 0 Å². The molecule has 0 bridgehead atoms. The maximum atomic E-state index is 11.3. The predicted molar refractivity (Wildman–Crippen MR) is 66.0 cm³/mol. The van der Waals surface area contributed by atoms with Crippen molar-refractivity contribution in [2.75, 3.05) is 6.54 Å². The van der Waals surface area contributed by atoms with Gasteiger partial charge in [-0.05, 0) is 12.5 Å². The second-order valence-corrected chi connectivity index (χ2v) is 3.63. The SMILES string of the molecule is C/C(=C\CNC(=O)OCc1ccccc1)C(=O)O. The Morgan fingerprint density at radius 2 is 2.00 bits per heavy atom. The number of carboxylic acid groups (broad SMARTS) is 1. The second-order valence-electron chi connectivity index (χ2n) is 3.63. The largest absolute Gasteiger partial charge is 0.478 e. The summed E-state index contributed by atoms with van der Waals surface area (Å²) in [5.41, 5.74) is 1.07. The van der Waals surface area contributed by atoms with E-state index in [0.29, 0.717) is 0 Å². The zero-order chi connectivity index (χ0) is 13.4. The van der Waals surface area contributed by atoms with Crippen molar-refractivity contribution >= 4 is 12.1 Å². The van der Waals surface area contributed by atoms with Gasteiger partial charge in [-0.3, -0.25) is 0 Å². The van der Waals surface area contributed by atoms with Gasteiger partial charge in [-0.25, -0.2) is 9.59 Å². The lowest BCUT2D eigenvalue weighted by Crippen LogP contribution is -2.24. The summed E-state index contributed by atoms with van der Waals surface area (Å²) in [7, 11) is 0. The highest BCUT2D eigenvalue weighted by atomic mass is 16.5. The molecule has 0 saturated heterocycles. The number of nitrogens with one attached hydrogen (secondary N) is 1. The number of aliphatic carboxylic acids is 1. The Morgan fingerprint density at radius 1 is 1.33 bits per heavy atom. The molecule has 0 aliphatic heterocycles. The lowest BCUT2D eigenvalue weighted by atomic mass is 10.2. The van der Waals surface area contributed by atoms with Crippen LogP contribution in [0.2, 0.25) is 0 Å². The minimum absolute atomic E-state index is 0.131. The second kappa shape index (κ2) is 7.11. The Labute approximate surface area is 105 Å². The van der Waals surface area contributed by atoms with Crippen LogP contribution in [0.3, 0.4) is 0 Å². The van der Waals surface area contributed by atoms with Gasteiger partial charge in [-0.2, -0.15) is 0 Å². The molecule has 18 heavy (non-hydrogen) atoms. The molecule has 0 heterocycles. The first kappa shape index (κ1) is 13.8. The molecule has 0 aliphatic rings. The number of carboxylic acids is 1. The third kappa shape index (κ3) is 5.16. The zero-order valence-electron chi connectivity index (χ0n) is 10.1. The topological polar surface area (TPSA) is 75.6 Å². The van der Waals surface area contributed by atoms with Crippen molar-refractivity contribution in [2.45, 2.75) is 13.5 Å². The molecule has 2 N–H and O–H groups in total. The molecule has 0 atom stereocenters. The molecular weight excluding hydrogens is 234 g/mol. The molecular formula is C13H15NO4. The molecule has 0 spiro atoms. The third-order valence-corrected chi connectivity index (χ3v) is 2.20. The first-order valence-corrected chi connectivity index (χ1v) is 5.44. The molecule has 0 radical (unpaired) electrons. The van der Waals surface area contributed by atoms with Crippen LogP contribution >= 0.6 is 0 Å². The summed E-state index contributed by atoms with van der Waals surface area (Å²) in [4.78, 5) is 21.7. The Morgan fingerprint density at radius 3 is 2.61 bits per heavy atom. The van der Waals surface area contributed by atoms with Crippen LogP contribution in [-0.4, -0.2) is 23.7 Å². The average molecular weight is 249 g/mol. The van der Waals surface area contributed by atoms with Crippen LogP contribution in [0, 0.1) is 0 Å². The molecule has 1 amide bonds. The highest BCUT2D eigenvalue weighted by Gasteiger charge is 2.02. The zero-order valence-corrected chi connectivity index (χ0v) is 10.1. The van der Waals surface area contributed by atoms with Crippen LogP contribution in [-0.2, 0) is 16.1 Å². The van der Waals surface area contributed by atoms with Crippen LogP contribution in [0.15, 0.2) is 42.0 Å². The number of ether oxygens (including phenoxy) is 1. The Bertz CT molecular complexity index is 440. The molecule has 0 aromatic heterocycles. The predicted octanol–water partition coefficient (Wildman–Crippen LogP) is 1.94. The number of rotatable bonds is 5. The van der Waals surface area contributed by atoms with E-state index in [0.717, 1.165) is 5.56 Å². The van der Waals surface area contributed by atoms with Gasteiger partial charge < -0.3 is 15.2 Å². The van der Waals surface area contributed by atoms with Crippen molar-refractivity contribution in [2.24, 2.45) is 0 Å². The van der Waals surface area contributed by atoms with E-state index in [1.807, 2.05) is 30.3 Å². The van der Waals surface area contributed by atoms with Crippen molar-refractivity contribution in [1.29, 1.82) is 0 Å². The summed E-state index contributed by atoms with van der Waals surface area (Å²) in [6.07, 6.45) is 0.833. The first-order chi connectivity index (χ1) is 8.59. The van der Waals surface area contributed by atoms with Gasteiger partial charge in [0.1, 0.15) is 6.61 Å². The fourth-order valence-corrected chi connectivity index (χ4v) is 1.15. The van der Waals surface area contributed by atoms with Crippen LogP contribution in [0.1, 0.15) is 12.5 Å². The molecule has 5 heteroatoms. The van der Waals surface area contributed by atoms with Gasteiger partial charge in [0.05, 0.1) is 0 Å². The highest BCUT2D eigenvalue weighted by molar-refractivity contribution is 5.85. The number of carbonyl (C=O) groups excluding carboxylic acids is 1. The van der Waals surface area contributed by atoms with E-state index in [1.165, 1.54) is 13.0 Å². The van der Waals surface area contributed by atoms with E-state index < -0.39 is 12.1 Å². The number of benzene rings is 1. The lowest BCUT2D eigenvalue weighted by molar-refractivity contribution is -0.132. The van der Waals surface area contributed by atoms with Gasteiger partial charge >= 0.3 is 12.1 Å². The smallest absolute Gasteiger partial charge is 0.407 e. The van der Waals surface area contributed by atoms with E-state index in [-0.39, 0.29) is 18.7 Å². The van der Waals surface area contributed by atoms with Gasteiger partial charge in [0.25, 0.3) is 0 Å². The minimum Gasteiger partial charge on any atom is -0.478 e. The van der Waals surface area contributed by atoms with E-state index in [9.17, 15) is 9.59 Å². The van der Waals surface area contributed by atoms with E-state index in [4.69, 9.17) is 9.84 Å². The summed E-state index contributed by atoms with van der Waals surface area (Å²) in [6.45, 7) is 1.78. The van der Waals surface area contributed by atoms with E-state index in [2.05, 4.69) is 5.32 Å². The van der Waals surface area contributed by atoms with Gasteiger partial charge in [0, 0.05) is 12.1 Å². The monoisotopic (exact) mass is 249 g/mol. The molecule has 96 valence electrons. The van der Waals surface area contributed by atoms with Crippen molar-refractivity contribution in [3.63, 3.8) is 0 Å². The van der Waals surface area contributed by atoms with Crippen molar-refractivity contribution < 1.29 is 19.4 Å². The standard InChI is InChI=1S/C13H15NO4/c1-10(12(15)16)7-8-14-13(17)18-9-11-5-3-2-4-6-11/h2-7H,8-9H2,1H3,(H,14,17)(H,15,16)/b10-7+. The molecule has 5 nitrogen and oxygen atoms in total. The van der Waals surface area contributed by atoms with Crippen LogP contribution < -0.4 is 5.32 Å². The fourth-order valence-electron chi connectivity index (χ4n) is 1.15. The molecule has 0 aliphatic carbocycles. The average Bonchev–Trinajstić information content (AvgIpc) is 2.37. The number of amides is 1. The Kier molecular flexibility index (Phi) is 5.44. The van der Waals surface area contributed by atoms with Crippen molar-refractivity contribution in [1.82, 2.24) is 5.32 Å². The summed E-state index contributed by atoms with van der Waals surface area (Å²) < 4.78 is 4.94. The summed E-state index contributed by atoms with van der Waals surface area (Å²) >= 11 is 0. The first-order valence-electron chi connectivity index (χ1n) is 5.44. The van der Waals surface area contributed by atoms with Gasteiger partial charge in [-0.1, -0.05) is 36.4 Å². The molecule has 1 aromatic rings. The molecule has 1 rings (SSSR count). The van der Waals surface area contributed by atoms with Gasteiger partial charge in [0.15, 0.2) is 0 Å². The Balaban J connectivity index is 2.27. The van der Waals surface area contributed by atoms with Crippen molar-refractivity contribution in [3.8, 4) is 0 Å². The maximum Gasteiger partial charge on any atom is 0.407 e. The summed E-state index contributed by atoms with van der Waals surface area (Å²) in [5, 5.41) is 11.0. The number of hydrogen-bond donors (Lipinski definition) is 2. The normalized spacial score (nSPS) is 10.8. The van der Waals surface area contributed by atoms with Crippen molar-refractivity contribution in [3.05, 3.63) is 47.5 Å². The quantitative estimate of drug-likeness (QED) is 0.782. The fraction of sp³-hybridized carbons (Fsp3) is 0.231. The molecule has 1 aromatic carbocycles.